The van der Waals surface area contributed by atoms with Gasteiger partial charge in [0.2, 0.25) is 0 Å². The van der Waals surface area contributed by atoms with Gasteiger partial charge in [0.1, 0.15) is 0 Å². The van der Waals surface area contributed by atoms with Crippen molar-refractivity contribution in [1.29, 1.82) is 5.26 Å². The average molecular weight is 223 g/mol. The monoisotopic (exact) mass is 223 g/mol. The Hall–Kier alpha value is -0.850. The summed E-state index contributed by atoms with van der Waals surface area (Å²) in [5.74, 6) is 0. The SMILES string of the molecule is CC(C)(S)C#N.S=Cc1ccccc1. The molecule has 0 saturated heterocycles. The molecule has 0 spiro atoms. The summed E-state index contributed by atoms with van der Waals surface area (Å²) in [6, 6.07) is 11.8. The standard InChI is InChI=1S/C7H6S.C4H7NS/c8-6-7-4-2-1-3-5-7;1-4(2,6)3-5/h1-6H;6H,1-2H3. The van der Waals surface area contributed by atoms with E-state index in [2.05, 4.69) is 12.6 Å². The van der Waals surface area contributed by atoms with Gasteiger partial charge in [-0.05, 0) is 19.4 Å². The zero-order chi connectivity index (χ0) is 11.0. The van der Waals surface area contributed by atoms with Gasteiger partial charge in [-0.25, -0.2) is 0 Å². The first-order valence-corrected chi connectivity index (χ1v) is 5.05. The summed E-state index contributed by atoms with van der Waals surface area (Å²) < 4.78 is -0.458. The number of nitrogens with zero attached hydrogens (tertiary/aromatic N) is 1. The number of rotatable bonds is 1. The van der Waals surface area contributed by atoms with E-state index in [1.807, 2.05) is 36.4 Å². The third kappa shape index (κ3) is 7.78. The molecule has 0 aliphatic heterocycles. The van der Waals surface area contributed by atoms with Crippen molar-refractivity contribution >= 4 is 30.2 Å². The van der Waals surface area contributed by atoms with Crippen LogP contribution in [-0.2, 0) is 0 Å². The molecule has 3 heteroatoms. The van der Waals surface area contributed by atoms with Crippen molar-refractivity contribution in [2.75, 3.05) is 0 Å². The molecular formula is C11H13NS2. The highest BCUT2D eigenvalue weighted by Crippen LogP contribution is 2.07. The van der Waals surface area contributed by atoms with Crippen molar-refractivity contribution < 1.29 is 0 Å². The van der Waals surface area contributed by atoms with Crippen molar-refractivity contribution in [3.63, 3.8) is 0 Å². The molecule has 0 atom stereocenters. The molecule has 0 aliphatic carbocycles. The third-order valence-corrected chi connectivity index (χ3v) is 1.58. The van der Waals surface area contributed by atoms with Crippen LogP contribution in [-0.4, -0.2) is 10.1 Å². The van der Waals surface area contributed by atoms with Crippen LogP contribution < -0.4 is 0 Å². The highest BCUT2D eigenvalue weighted by Gasteiger charge is 2.05. The second-order valence-electron chi connectivity index (χ2n) is 3.20. The van der Waals surface area contributed by atoms with Crippen molar-refractivity contribution in [3.8, 4) is 6.07 Å². The molecule has 0 aromatic heterocycles. The molecule has 1 aromatic rings. The van der Waals surface area contributed by atoms with E-state index in [4.69, 9.17) is 17.5 Å². The maximum atomic E-state index is 8.08. The van der Waals surface area contributed by atoms with E-state index in [0.717, 1.165) is 5.56 Å². The van der Waals surface area contributed by atoms with E-state index in [1.54, 1.807) is 19.2 Å². The molecule has 1 rings (SSSR count). The van der Waals surface area contributed by atoms with Crippen LogP contribution >= 0.6 is 24.8 Å². The van der Waals surface area contributed by atoms with E-state index >= 15 is 0 Å². The fourth-order valence-electron chi connectivity index (χ4n) is 0.532. The van der Waals surface area contributed by atoms with Gasteiger partial charge in [0.25, 0.3) is 0 Å². The van der Waals surface area contributed by atoms with Gasteiger partial charge >= 0.3 is 0 Å². The number of thiol groups is 1. The van der Waals surface area contributed by atoms with Crippen molar-refractivity contribution in [1.82, 2.24) is 0 Å². The maximum absolute atomic E-state index is 8.08. The lowest BCUT2D eigenvalue weighted by Gasteiger charge is -2.00. The Labute approximate surface area is 96.2 Å². The molecule has 1 nitrogen and oxygen atoms in total. The Morgan fingerprint density at radius 3 is 2.00 bits per heavy atom. The lowest BCUT2D eigenvalue weighted by Crippen LogP contribution is -2.03. The molecule has 74 valence electrons. The molecule has 0 unspecified atom stereocenters. The minimum atomic E-state index is -0.458. The van der Waals surface area contributed by atoms with Crippen molar-refractivity contribution in [2.24, 2.45) is 0 Å². The summed E-state index contributed by atoms with van der Waals surface area (Å²) in [6.45, 7) is 3.49. The Kier molecular flexibility index (Phi) is 6.18. The maximum Gasteiger partial charge on any atom is 0.0939 e. The van der Waals surface area contributed by atoms with Crippen molar-refractivity contribution in [2.45, 2.75) is 18.6 Å². The van der Waals surface area contributed by atoms with E-state index in [9.17, 15) is 0 Å². The number of hydrogen-bond donors (Lipinski definition) is 1. The first kappa shape index (κ1) is 13.2. The van der Waals surface area contributed by atoms with Crippen molar-refractivity contribution in [3.05, 3.63) is 35.9 Å². The largest absolute Gasteiger partial charge is 0.197 e. The topological polar surface area (TPSA) is 23.8 Å². The highest BCUT2D eigenvalue weighted by atomic mass is 32.1. The van der Waals surface area contributed by atoms with Gasteiger partial charge < -0.3 is 0 Å². The first-order valence-electron chi connectivity index (χ1n) is 4.13. The molecule has 0 heterocycles. The number of thiocarbonyl (C=S) groups is 1. The Morgan fingerprint density at radius 1 is 1.36 bits per heavy atom. The molecule has 0 bridgehead atoms. The normalized spacial score (nSPS) is 9.29. The van der Waals surface area contributed by atoms with Gasteiger partial charge in [0.15, 0.2) is 0 Å². The molecule has 0 amide bonds. The number of benzene rings is 1. The Bertz CT molecular complexity index is 306. The molecule has 0 N–H and O–H groups in total. The van der Waals surface area contributed by atoms with Gasteiger partial charge in [-0.1, -0.05) is 42.5 Å². The van der Waals surface area contributed by atoms with Gasteiger partial charge in [-0.3, -0.25) is 0 Å². The van der Waals surface area contributed by atoms with Gasteiger partial charge in [0, 0.05) is 5.37 Å². The van der Waals surface area contributed by atoms with Gasteiger partial charge in [0.05, 0.1) is 10.8 Å². The Morgan fingerprint density at radius 2 is 1.79 bits per heavy atom. The second-order valence-corrected chi connectivity index (χ2v) is 4.55. The van der Waals surface area contributed by atoms with Gasteiger partial charge in [-0.2, -0.15) is 17.9 Å². The molecule has 0 radical (unpaired) electrons. The first-order chi connectivity index (χ1) is 6.49. The average Bonchev–Trinajstić information content (AvgIpc) is 2.19. The fourth-order valence-corrected chi connectivity index (χ4v) is 0.689. The summed E-state index contributed by atoms with van der Waals surface area (Å²) >= 11 is 8.59. The van der Waals surface area contributed by atoms with Crippen LogP contribution in [0.1, 0.15) is 19.4 Å². The quantitative estimate of drug-likeness (QED) is 0.583. The van der Waals surface area contributed by atoms with Crippen LogP contribution in [0.2, 0.25) is 0 Å². The Balaban J connectivity index is 0.000000255. The molecule has 0 saturated carbocycles. The predicted octanol–water partition coefficient (Wildman–Crippen LogP) is 3.25. The van der Waals surface area contributed by atoms with E-state index in [1.165, 1.54) is 0 Å². The summed E-state index contributed by atoms with van der Waals surface area (Å²) in [7, 11) is 0. The zero-order valence-corrected chi connectivity index (χ0v) is 9.98. The molecule has 0 aliphatic rings. The zero-order valence-electron chi connectivity index (χ0n) is 8.27. The third-order valence-electron chi connectivity index (χ3n) is 1.21. The van der Waals surface area contributed by atoms with Crippen LogP contribution in [0.4, 0.5) is 0 Å². The molecule has 0 fully saturated rings. The summed E-state index contributed by atoms with van der Waals surface area (Å²) in [5.41, 5.74) is 1.10. The summed E-state index contributed by atoms with van der Waals surface area (Å²) in [5, 5.41) is 9.74. The van der Waals surface area contributed by atoms with Crippen LogP contribution in [0.5, 0.6) is 0 Å². The van der Waals surface area contributed by atoms with Gasteiger partial charge in [-0.15, -0.1) is 0 Å². The smallest absolute Gasteiger partial charge is 0.0939 e. The lowest BCUT2D eigenvalue weighted by atomic mass is 10.2. The number of hydrogen-bond acceptors (Lipinski definition) is 3. The minimum Gasteiger partial charge on any atom is -0.197 e. The minimum absolute atomic E-state index is 0.458. The van der Waals surface area contributed by atoms with Crippen LogP contribution in [0.3, 0.4) is 0 Å². The predicted molar refractivity (Wildman–Crippen MR) is 67.9 cm³/mol. The van der Waals surface area contributed by atoms with Crippen LogP contribution in [0.15, 0.2) is 30.3 Å². The molecule has 14 heavy (non-hydrogen) atoms. The summed E-state index contributed by atoms with van der Waals surface area (Å²) in [4.78, 5) is 0. The second kappa shape index (κ2) is 6.58. The molecular weight excluding hydrogens is 210 g/mol. The number of nitriles is 1. The molecule has 1 aromatic carbocycles. The van der Waals surface area contributed by atoms with E-state index in [-0.39, 0.29) is 0 Å². The van der Waals surface area contributed by atoms with E-state index in [0.29, 0.717) is 0 Å². The fraction of sp³-hybridized carbons (Fsp3) is 0.273. The lowest BCUT2D eigenvalue weighted by molar-refractivity contribution is 0.924. The summed E-state index contributed by atoms with van der Waals surface area (Å²) in [6.07, 6.45) is 0. The van der Waals surface area contributed by atoms with Crippen LogP contribution in [0, 0.1) is 11.3 Å². The van der Waals surface area contributed by atoms with E-state index < -0.39 is 4.75 Å². The highest BCUT2D eigenvalue weighted by molar-refractivity contribution is 7.82. The van der Waals surface area contributed by atoms with Crippen LogP contribution in [0.25, 0.3) is 0 Å².